The molecule has 1 fully saturated rings. The molecule has 1 nitrogen and oxygen atoms in total. The number of hydrogen-bond acceptors (Lipinski definition) is 1. The summed E-state index contributed by atoms with van der Waals surface area (Å²) in [4.78, 5) is 2.33. The van der Waals surface area contributed by atoms with Gasteiger partial charge in [-0.25, -0.2) is 0 Å². The van der Waals surface area contributed by atoms with Crippen molar-refractivity contribution in [3.8, 4) is 0 Å². The minimum absolute atomic E-state index is 0.852. The summed E-state index contributed by atoms with van der Waals surface area (Å²) < 4.78 is 0. The quantitative estimate of drug-likeness (QED) is 0.548. The molecule has 1 saturated heterocycles. The Bertz CT molecular complexity index is 82.2. The monoisotopic (exact) mass is 171 g/mol. The van der Waals surface area contributed by atoms with E-state index < -0.39 is 0 Å². The minimum Gasteiger partial charge on any atom is -0.298 e. The van der Waals surface area contributed by atoms with E-state index in [1.54, 1.807) is 0 Å². The van der Waals surface area contributed by atoms with E-state index in [1.165, 1.54) is 0 Å². The Morgan fingerprint density at radius 2 is 1.00 bits per heavy atom. The van der Waals surface area contributed by atoms with E-state index in [0.29, 0.717) is 0 Å². The number of hydrogen-bond donors (Lipinski definition) is 0. The Morgan fingerprint density at radius 3 is 1.00 bits per heavy atom. The van der Waals surface area contributed by atoms with Gasteiger partial charge in [0.1, 0.15) is 0 Å². The third kappa shape index (κ3) is 4.10. The van der Waals surface area contributed by atoms with Gasteiger partial charge in [-0.2, -0.15) is 0 Å². The van der Waals surface area contributed by atoms with Gasteiger partial charge >= 0.3 is 0 Å². The van der Waals surface area contributed by atoms with Crippen LogP contribution >= 0.6 is 0 Å². The molecule has 0 amide bonds. The van der Waals surface area contributed by atoms with Crippen molar-refractivity contribution in [2.75, 3.05) is 7.05 Å². The topological polar surface area (TPSA) is 3.01 Å². The molecule has 2 atom stereocenters. The molecular formula is C11H25N. The Balaban J connectivity index is 0.000000202. The van der Waals surface area contributed by atoms with Crippen LogP contribution in [0.4, 0.5) is 0 Å². The van der Waals surface area contributed by atoms with Crippen molar-refractivity contribution in [3.05, 3.63) is 0 Å². The minimum atomic E-state index is 0.852. The highest BCUT2D eigenvalue weighted by atomic mass is 15.3. The van der Waals surface area contributed by atoms with Gasteiger partial charge in [-0.1, -0.05) is 27.7 Å². The van der Waals surface area contributed by atoms with Gasteiger partial charge in [-0.3, -0.25) is 4.90 Å². The molecule has 2 unspecified atom stereocenters. The summed E-state index contributed by atoms with van der Waals surface area (Å²) >= 11 is 0. The predicted octanol–water partition coefficient (Wildman–Crippen LogP) is 3.01. The lowest BCUT2D eigenvalue weighted by atomic mass is 10.0. The van der Waals surface area contributed by atoms with Crippen LogP contribution < -0.4 is 0 Å². The molecule has 0 aromatic heterocycles. The lowest BCUT2D eigenvalue weighted by Crippen LogP contribution is -1.95. The average molecular weight is 171 g/mol. The molecule has 0 radical (unpaired) electrons. The van der Waals surface area contributed by atoms with Crippen molar-refractivity contribution in [1.29, 1.82) is 0 Å². The molecular weight excluding hydrogens is 146 g/mol. The van der Waals surface area contributed by atoms with Crippen LogP contribution in [0.15, 0.2) is 0 Å². The summed E-state index contributed by atoms with van der Waals surface area (Å²) in [5.41, 5.74) is 0. The summed E-state index contributed by atoms with van der Waals surface area (Å²) in [7, 11) is 2.15. The Kier molecular flexibility index (Phi) is 4.84. The highest BCUT2D eigenvalue weighted by Gasteiger charge is 2.34. The van der Waals surface area contributed by atoms with Crippen molar-refractivity contribution >= 4 is 0 Å². The van der Waals surface area contributed by atoms with Gasteiger partial charge in [-0.15, -0.1) is 0 Å². The maximum atomic E-state index is 2.33. The normalized spacial score (nSPS) is 33.2. The maximum Gasteiger partial charge on any atom is 0.0221 e. The van der Waals surface area contributed by atoms with Gasteiger partial charge in [-0.05, 0) is 32.7 Å². The van der Waals surface area contributed by atoms with Gasteiger partial charge in [0.05, 0.1) is 0 Å². The molecule has 0 aliphatic carbocycles. The molecule has 74 valence electrons. The molecule has 1 heteroatoms. The van der Waals surface area contributed by atoms with Crippen LogP contribution in [-0.2, 0) is 0 Å². The molecule has 0 saturated carbocycles. The second-order valence-electron chi connectivity index (χ2n) is 4.63. The van der Waals surface area contributed by atoms with Crippen LogP contribution in [0.25, 0.3) is 0 Å². The molecule has 0 bridgehead atoms. The van der Waals surface area contributed by atoms with Crippen LogP contribution in [0.2, 0.25) is 0 Å². The highest BCUT2D eigenvalue weighted by molar-refractivity contribution is 4.91. The zero-order valence-corrected chi connectivity index (χ0v) is 9.76. The van der Waals surface area contributed by atoms with E-state index in [9.17, 15) is 0 Å². The molecule has 1 aliphatic rings. The van der Waals surface area contributed by atoms with E-state index in [4.69, 9.17) is 0 Å². The van der Waals surface area contributed by atoms with E-state index >= 15 is 0 Å². The highest BCUT2D eigenvalue weighted by Crippen LogP contribution is 2.22. The third-order valence-electron chi connectivity index (χ3n) is 3.23. The second-order valence-corrected chi connectivity index (χ2v) is 4.63. The maximum absolute atomic E-state index is 2.33. The first-order valence-corrected chi connectivity index (χ1v) is 5.09. The van der Waals surface area contributed by atoms with Crippen molar-refractivity contribution in [1.82, 2.24) is 4.90 Å². The van der Waals surface area contributed by atoms with Gasteiger partial charge in [0.15, 0.2) is 0 Å². The van der Waals surface area contributed by atoms with Crippen molar-refractivity contribution in [3.63, 3.8) is 0 Å². The lowest BCUT2D eigenvalue weighted by molar-refractivity contribution is 0.457. The molecule has 1 aliphatic heterocycles. The zero-order valence-electron chi connectivity index (χ0n) is 9.76. The van der Waals surface area contributed by atoms with Crippen LogP contribution in [0.1, 0.15) is 41.5 Å². The Hall–Kier alpha value is -0.0400. The van der Waals surface area contributed by atoms with Crippen molar-refractivity contribution < 1.29 is 0 Å². The van der Waals surface area contributed by atoms with Crippen molar-refractivity contribution in [2.45, 2.75) is 53.6 Å². The summed E-state index contributed by atoms with van der Waals surface area (Å²) in [5.74, 6) is 1.70. The second kappa shape index (κ2) is 4.86. The summed E-state index contributed by atoms with van der Waals surface area (Å²) in [6.45, 7) is 13.4. The third-order valence-corrected chi connectivity index (χ3v) is 3.23. The predicted molar refractivity (Wildman–Crippen MR) is 56.4 cm³/mol. The first-order chi connectivity index (χ1) is 5.37. The van der Waals surface area contributed by atoms with E-state index in [-0.39, 0.29) is 0 Å². The van der Waals surface area contributed by atoms with Gasteiger partial charge in [0.2, 0.25) is 0 Å². The first-order valence-electron chi connectivity index (χ1n) is 5.09. The summed E-state index contributed by atoms with van der Waals surface area (Å²) in [5, 5.41) is 0. The Labute approximate surface area is 78.1 Å². The summed E-state index contributed by atoms with van der Waals surface area (Å²) in [6.07, 6.45) is 0. The van der Waals surface area contributed by atoms with Crippen LogP contribution in [0.3, 0.4) is 0 Å². The molecule has 0 N–H and O–H groups in total. The molecule has 0 aromatic carbocycles. The Morgan fingerprint density at radius 1 is 0.833 bits per heavy atom. The lowest BCUT2D eigenvalue weighted by Gasteiger charge is -2.05. The van der Waals surface area contributed by atoms with Gasteiger partial charge in [0, 0.05) is 12.1 Å². The number of nitrogens with zero attached hydrogens (tertiary/aromatic N) is 1. The van der Waals surface area contributed by atoms with Gasteiger partial charge in [0.25, 0.3) is 0 Å². The largest absolute Gasteiger partial charge is 0.298 e. The zero-order chi connectivity index (χ0) is 9.89. The standard InChI is InChI=1S/C6H14.C5H11N/c1-5(2)6(3)4;1-4-5(2)6(4)3/h5-6H,1-4H3;4-5H,1-3H3. The van der Waals surface area contributed by atoms with Crippen LogP contribution in [-0.4, -0.2) is 24.0 Å². The summed E-state index contributed by atoms with van der Waals surface area (Å²) in [6, 6.07) is 1.70. The van der Waals surface area contributed by atoms with E-state index in [2.05, 4.69) is 53.5 Å². The molecule has 1 rings (SSSR count). The molecule has 0 aromatic rings. The smallest absolute Gasteiger partial charge is 0.0221 e. The fraction of sp³-hybridized carbons (Fsp3) is 1.00. The fourth-order valence-corrected chi connectivity index (χ4v) is 0.686. The van der Waals surface area contributed by atoms with Gasteiger partial charge < -0.3 is 0 Å². The first kappa shape index (κ1) is 12.0. The number of rotatable bonds is 1. The average Bonchev–Trinajstić information content (AvgIpc) is 2.47. The van der Waals surface area contributed by atoms with Crippen molar-refractivity contribution in [2.24, 2.45) is 11.8 Å². The fourth-order valence-electron chi connectivity index (χ4n) is 0.686. The molecule has 1 heterocycles. The van der Waals surface area contributed by atoms with E-state index in [1.807, 2.05) is 0 Å². The van der Waals surface area contributed by atoms with E-state index in [0.717, 1.165) is 23.9 Å². The molecule has 0 spiro atoms. The molecule has 12 heavy (non-hydrogen) atoms. The van der Waals surface area contributed by atoms with Crippen LogP contribution in [0, 0.1) is 11.8 Å². The number of likely N-dealkylation sites (N-methyl/N-ethyl adjacent to an activating group) is 1. The van der Waals surface area contributed by atoms with Crippen LogP contribution in [0.5, 0.6) is 0 Å². The SMILES string of the molecule is CC(C)C(C)C.CC1C(C)N1C.